The Balaban J connectivity index is 1.63. The minimum absolute atomic E-state index is 0.116. The van der Waals surface area contributed by atoms with Gasteiger partial charge >= 0.3 is 5.97 Å². The van der Waals surface area contributed by atoms with Gasteiger partial charge in [-0.2, -0.15) is 0 Å². The van der Waals surface area contributed by atoms with Crippen molar-refractivity contribution in [3.8, 4) is 0 Å². The third kappa shape index (κ3) is 2.40. The van der Waals surface area contributed by atoms with Crippen LogP contribution in [0.2, 0.25) is 0 Å². The third-order valence-electron chi connectivity index (χ3n) is 5.82. The van der Waals surface area contributed by atoms with Crippen molar-refractivity contribution >= 4 is 5.97 Å². The molecular weight excluding hydrogens is 240 g/mol. The second kappa shape index (κ2) is 5.06. The fourth-order valence-electron chi connectivity index (χ4n) is 4.61. The highest BCUT2D eigenvalue weighted by Gasteiger charge is 2.42. The highest BCUT2D eigenvalue weighted by Crippen LogP contribution is 2.38. The number of piperidine rings is 2. The van der Waals surface area contributed by atoms with E-state index >= 15 is 0 Å². The molecule has 19 heavy (non-hydrogen) atoms. The van der Waals surface area contributed by atoms with Crippen molar-refractivity contribution in [1.82, 2.24) is 9.80 Å². The lowest BCUT2D eigenvalue weighted by Gasteiger charge is -2.46. The summed E-state index contributed by atoms with van der Waals surface area (Å²) in [7, 11) is 2.28. The smallest absolute Gasteiger partial charge is 0.306 e. The Morgan fingerprint density at radius 3 is 2.21 bits per heavy atom. The molecule has 3 fully saturated rings. The maximum Gasteiger partial charge on any atom is 0.306 e. The van der Waals surface area contributed by atoms with Gasteiger partial charge in [0.25, 0.3) is 0 Å². The summed E-state index contributed by atoms with van der Waals surface area (Å²) in [5.41, 5.74) is 0. The first-order valence-corrected chi connectivity index (χ1v) is 7.76. The van der Waals surface area contributed by atoms with Crippen molar-refractivity contribution in [2.24, 2.45) is 5.92 Å². The van der Waals surface area contributed by atoms with Gasteiger partial charge in [-0.3, -0.25) is 9.69 Å². The zero-order valence-electron chi connectivity index (χ0n) is 12.1. The van der Waals surface area contributed by atoms with Crippen LogP contribution in [0.5, 0.6) is 0 Å². The van der Waals surface area contributed by atoms with Gasteiger partial charge in [0.15, 0.2) is 0 Å². The number of carboxylic acid groups (broad SMARTS) is 1. The Morgan fingerprint density at radius 2 is 1.68 bits per heavy atom. The van der Waals surface area contributed by atoms with Gasteiger partial charge < -0.3 is 10.0 Å². The first kappa shape index (κ1) is 13.4. The van der Waals surface area contributed by atoms with Crippen LogP contribution >= 0.6 is 0 Å². The Kier molecular flexibility index (Phi) is 3.56. The molecule has 4 nitrogen and oxygen atoms in total. The molecule has 4 unspecified atom stereocenters. The van der Waals surface area contributed by atoms with E-state index in [-0.39, 0.29) is 5.92 Å². The summed E-state index contributed by atoms with van der Waals surface area (Å²) < 4.78 is 0. The highest BCUT2D eigenvalue weighted by molar-refractivity contribution is 5.70. The second-order valence-electron chi connectivity index (χ2n) is 6.82. The van der Waals surface area contributed by atoms with Crippen LogP contribution in [0.4, 0.5) is 0 Å². The Hall–Kier alpha value is -0.610. The van der Waals surface area contributed by atoms with Crippen LogP contribution in [-0.4, -0.2) is 58.6 Å². The quantitative estimate of drug-likeness (QED) is 0.827. The number of hydrogen-bond donors (Lipinski definition) is 1. The first-order chi connectivity index (χ1) is 9.06. The summed E-state index contributed by atoms with van der Waals surface area (Å²) in [6.07, 6.45) is 6.96. The fraction of sp³-hybridized carbons (Fsp3) is 0.933. The summed E-state index contributed by atoms with van der Waals surface area (Å²) in [6, 6.07) is 2.67. The molecule has 0 amide bonds. The number of likely N-dealkylation sites (tertiary alicyclic amines) is 1. The monoisotopic (exact) mass is 266 g/mol. The topological polar surface area (TPSA) is 43.8 Å². The molecule has 4 heteroatoms. The Morgan fingerprint density at radius 1 is 1.05 bits per heavy atom. The molecule has 0 aromatic carbocycles. The molecule has 0 spiro atoms. The summed E-state index contributed by atoms with van der Waals surface area (Å²) in [5.74, 6) is -0.718. The van der Waals surface area contributed by atoms with E-state index in [4.69, 9.17) is 5.11 Å². The highest BCUT2D eigenvalue weighted by atomic mass is 16.4. The average Bonchev–Trinajstić information content (AvgIpc) is 2.62. The standard InChI is InChI=1S/C15H26N2O2/c1-10-7-11(15(18)19)5-6-17(10)14-8-12-3-4-13(9-14)16(12)2/h10-14H,3-9H2,1-2H3,(H,18,19). The van der Waals surface area contributed by atoms with Crippen LogP contribution in [0.15, 0.2) is 0 Å². The van der Waals surface area contributed by atoms with Gasteiger partial charge in [-0.1, -0.05) is 0 Å². The van der Waals surface area contributed by atoms with Crippen molar-refractivity contribution in [2.75, 3.05) is 13.6 Å². The number of aliphatic carboxylic acids is 1. The van der Waals surface area contributed by atoms with E-state index in [1.807, 2.05) is 0 Å². The van der Waals surface area contributed by atoms with Crippen LogP contribution in [0.25, 0.3) is 0 Å². The third-order valence-corrected chi connectivity index (χ3v) is 5.82. The summed E-state index contributed by atoms with van der Waals surface area (Å²) in [4.78, 5) is 16.3. The van der Waals surface area contributed by atoms with Gasteiger partial charge in [0.1, 0.15) is 0 Å². The number of hydrogen-bond acceptors (Lipinski definition) is 3. The second-order valence-corrected chi connectivity index (χ2v) is 6.82. The van der Waals surface area contributed by atoms with E-state index in [1.165, 1.54) is 25.7 Å². The number of fused-ring (bicyclic) bond motifs is 2. The predicted octanol–water partition coefficient (Wildman–Crippen LogP) is 1.80. The molecule has 0 radical (unpaired) electrons. The molecule has 0 aliphatic carbocycles. The lowest BCUT2D eigenvalue weighted by atomic mass is 9.87. The van der Waals surface area contributed by atoms with E-state index < -0.39 is 5.97 Å². The molecule has 3 aliphatic heterocycles. The van der Waals surface area contributed by atoms with Crippen LogP contribution < -0.4 is 0 Å². The Bertz CT molecular complexity index is 346. The largest absolute Gasteiger partial charge is 0.481 e. The first-order valence-electron chi connectivity index (χ1n) is 7.76. The van der Waals surface area contributed by atoms with Crippen LogP contribution in [0.1, 0.15) is 45.4 Å². The predicted molar refractivity (Wildman–Crippen MR) is 74.1 cm³/mol. The van der Waals surface area contributed by atoms with E-state index in [1.54, 1.807) is 0 Å². The van der Waals surface area contributed by atoms with Crippen LogP contribution in [0, 0.1) is 5.92 Å². The molecule has 0 saturated carbocycles. The SMILES string of the molecule is CC1CC(C(=O)O)CCN1C1CC2CCC(C1)N2C. The lowest BCUT2D eigenvalue weighted by Crippen LogP contribution is -2.54. The molecule has 0 aromatic heterocycles. The molecule has 3 heterocycles. The van der Waals surface area contributed by atoms with Gasteiger partial charge in [0.05, 0.1) is 5.92 Å². The minimum atomic E-state index is -0.602. The molecule has 2 bridgehead atoms. The van der Waals surface area contributed by atoms with Crippen molar-refractivity contribution in [3.05, 3.63) is 0 Å². The van der Waals surface area contributed by atoms with E-state index in [0.29, 0.717) is 12.1 Å². The molecule has 3 aliphatic rings. The van der Waals surface area contributed by atoms with Crippen molar-refractivity contribution in [2.45, 2.75) is 69.6 Å². The summed E-state index contributed by atoms with van der Waals surface area (Å²) in [6.45, 7) is 3.20. The van der Waals surface area contributed by atoms with Gasteiger partial charge in [-0.05, 0) is 59.0 Å². The Labute approximate surface area is 115 Å². The molecule has 1 N–H and O–H groups in total. The normalized spacial score (nSPS) is 44.4. The maximum absolute atomic E-state index is 11.1. The number of carbonyl (C=O) groups is 1. The van der Waals surface area contributed by atoms with Gasteiger partial charge in [0.2, 0.25) is 0 Å². The van der Waals surface area contributed by atoms with Gasteiger partial charge in [0, 0.05) is 24.2 Å². The van der Waals surface area contributed by atoms with Crippen molar-refractivity contribution in [1.29, 1.82) is 0 Å². The van der Waals surface area contributed by atoms with Gasteiger partial charge in [-0.25, -0.2) is 0 Å². The number of carboxylic acids is 1. The van der Waals surface area contributed by atoms with E-state index in [0.717, 1.165) is 31.5 Å². The molecular formula is C15H26N2O2. The average molecular weight is 266 g/mol. The maximum atomic E-state index is 11.1. The van der Waals surface area contributed by atoms with E-state index in [2.05, 4.69) is 23.8 Å². The zero-order chi connectivity index (χ0) is 13.6. The van der Waals surface area contributed by atoms with Gasteiger partial charge in [-0.15, -0.1) is 0 Å². The number of nitrogens with zero attached hydrogens (tertiary/aromatic N) is 2. The van der Waals surface area contributed by atoms with Crippen LogP contribution in [0.3, 0.4) is 0 Å². The lowest BCUT2D eigenvalue weighted by molar-refractivity contribution is -0.144. The molecule has 4 atom stereocenters. The van der Waals surface area contributed by atoms with Crippen molar-refractivity contribution in [3.63, 3.8) is 0 Å². The number of rotatable bonds is 2. The van der Waals surface area contributed by atoms with E-state index in [9.17, 15) is 4.79 Å². The minimum Gasteiger partial charge on any atom is -0.481 e. The summed E-state index contributed by atoms with van der Waals surface area (Å²) in [5, 5.41) is 9.16. The van der Waals surface area contributed by atoms with Crippen LogP contribution in [-0.2, 0) is 4.79 Å². The molecule has 108 valence electrons. The summed E-state index contributed by atoms with van der Waals surface area (Å²) >= 11 is 0. The molecule has 3 saturated heterocycles. The zero-order valence-corrected chi connectivity index (χ0v) is 12.1. The fourth-order valence-corrected chi connectivity index (χ4v) is 4.61. The molecule has 0 aromatic rings. The van der Waals surface area contributed by atoms with Crippen molar-refractivity contribution < 1.29 is 9.90 Å². The molecule has 3 rings (SSSR count).